The number of aliphatic carboxylic acids is 1. The number of nitrogens with zero attached hydrogens (tertiary/aromatic N) is 6. The van der Waals surface area contributed by atoms with E-state index in [2.05, 4.69) is 30.8 Å². The monoisotopic (exact) mass is 513 g/mol. The summed E-state index contributed by atoms with van der Waals surface area (Å²) in [5.74, 6) is -0.0104. The number of anilines is 2. The average Bonchev–Trinajstić information content (AvgIpc) is 3.51. The second-order valence-corrected chi connectivity index (χ2v) is 8.27. The number of aliphatic hydroxyl groups is 1. The highest BCUT2D eigenvalue weighted by Gasteiger charge is 2.20. The summed E-state index contributed by atoms with van der Waals surface area (Å²) in [6, 6.07) is 7.77. The summed E-state index contributed by atoms with van der Waals surface area (Å²) in [6.07, 6.45) is 0.308. The molecule has 0 spiro atoms. The highest BCUT2D eigenvalue weighted by Crippen LogP contribution is 2.22. The first-order valence-corrected chi connectivity index (χ1v) is 11.9. The summed E-state index contributed by atoms with van der Waals surface area (Å²) in [5.41, 5.74) is 8.03. The molecule has 14 nitrogen and oxygen atoms in total. The van der Waals surface area contributed by atoms with Gasteiger partial charge < -0.3 is 36.1 Å². The molecule has 14 heteroatoms. The number of nitrogen functional groups attached to an aromatic ring is 1. The normalized spacial score (nSPS) is 12.3. The van der Waals surface area contributed by atoms with Crippen LogP contribution in [0.1, 0.15) is 24.8 Å². The van der Waals surface area contributed by atoms with Crippen LogP contribution < -0.4 is 21.1 Å². The van der Waals surface area contributed by atoms with Crippen molar-refractivity contribution in [3.63, 3.8) is 0 Å². The number of carbonyl (C=O) groups is 1. The van der Waals surface area contributed by atoms with Gasteiger partial charge in [0.2, 0.25) is 5.95 Å². The predicted octanol–water partition coefficient (Wildman–Crippen LogP) is 0.681. The Morgan fingerprint density at radius 2 is 1.95 bits per heavy atom. The lowest BCUT2D eigenvalue weighted by molar-refractivity contribution is -0.137. The Kier molecular flexibility index (Phi) is 8.66. The maximum absolute atomic E-state index is 10.8. The molecule has 0 saturated carbocycles. The minimum atomic E-state index is -1.12. The molecule has 4 rings (SSSR count). The van der Waals surface area contributed by atoms with Crippen molar-refractivity contribution in [3.8, 4) is 5.75 Å². The smallest absolute Gasteiger partial charge is 0.303 e. The van der Waals surface area contributed by atoms with E-state index in [9.17, 15) is 9.90 Å². The van der Waals surface area contributed by atoms with E-state index >= 15 is 0 Å². The minimum Gasteiger partial charge on any atom is -0.491 e. The Morgan fingerprint density at radius 3 is 2.70 bits per heavy atom. The molecule has 3 aromatic heterocycles. The van der Waals surface area contributed by atoms with Crippen LogP contribution in [-0.4, -0.2) is 85.5 Å². The quantitative estimate of drug-likeness (QED) is 0.140. The van der Waals surface area contributed by atoms with Crippen LogP contribution in [0.25, 0.3) is 16.7 Å². The molecule has 0 bridgehead atoms. The third kappa shape index (κ3) is 6.61. The Bertz CT molecular complexity index is 1320. The van der Waals surface area contributed by atoms with Crippen molar-refractivity contribution in [1.82, 2.24) is 34.7 Å². The van der Waals surface area contributed by atoms with Gasteiger partial charge in [-0.15, -0.1) is 5.10 Å². The summed E-state index contributed by atoms with van der Waals surface area (Å²) in [4.78, 5) is 19.5. The molecule has 6 N–H and O–H groups in total. The van der Waals surface area contributed by atoms with Gasteiger partial charge in [-0.25, -0.2) is 9.67 Å². The van der Waals surface area contributed by atoms with E-state index in [0.29, 0.717) is 43.0 Å². The molecule has 0 saturated heterocycles. The molecular weight excluding hydrogens is 482 g/mol. The van der Waals surface area contributed by atoms with Crippen molar-refractivity contribution >= 4 is 34.3 Å². The third-order valence-corrected chi connectivity index (χ3v) is 5.58. The van der Waals surface area contributed by atoms with Crippen LogP contribution in [0.5, 0.6) is 5.75 Å². The molecule has 1 aromatic carbocycles. The van der Waals surface area contributed by atoms with Crippen LogP contribution in [0.3, 0.4) is 0 Å². The number of hydrogen-bond donors (Lipinski definition) is 5. The fourth-order valence-corrected chi connectivity index (χ4v) is 3.68. The van der Waals surface area contributed by atoms with E-state index in [1.165, 1.54) is 4.52 Å². The van der Waals surface area contributed by atoms with Crippen LogP contribution in [0.4, 0.5) is 11.6 Å². The second-order valence-electron chi connectivity index (χ2n) is 8.27. The molecule has 0 fully saturated rings. The molecule has 0 radical (unpaired) electrons. The maximum Gasteiger partial charge on any atom is 0.303 e. The zero-order chi connectivity index (χ0) is 26.2. The molecular formula is C23H31N9O5. The first-order chi connectivity index (χ1) is 18.0. The zero-order valence-electron chi connectivity index (χ0n) is 20.5. The maximum atomic E-state index is 10.8. The summed E-state index contributed by atoms with van der Waals surface area (Å²) in [6.45, 7) is 3.76. The number of nitrogens with two attached hydrogens (primary N) is 1. The first-order valence-electron chi connectivity index (χ1n) is 11.9. The number of methoxy groups -OCH3 is 1. The number of carboxylic acids is 1. The van der Waals surface area contributed by atoms with Crippen LogP contribution >= 0.6 is 0 Å². The number of nitrogens with one attached hydrogen (secondary N) is 2. The Balaban J connectivity index is 1.28. The molecule has 0 aliphatic carbocycles. The standard InChI is InChI=1S/C23H31N9O5/c1-36-12-13-37-16-4-2-15(3-5-16)26-9-8-25-10-11-31-21-17(14-27-31)22-28-20(18(33)6-7-19(34)35)30-32(22)23(24)29-21/h2-5,14,18,25-26,33H,6-13H2,1H3,(H2,24,29)(H,34,35). The lowest BCUT2D eigenvalue weighted by Gasteiger charge is -2.10. The van der Waals surface area contributed by atoms with E-state index in [1.807, 2.05) is 24.3 Å². The van der Waals surface area contributed by atoms with Crippen molar-refractivity contribution < 1.29 is 24.5 Å². The number of fused-ring (bicyclic) bond motifs is 3. The second kappa shape index (κ2) is 12.3. The summed E-state index contributed by atoms with van der Waals surface area (Å²) >= 11 is 0. The molecule has 1 atom stereocenters. The number of aromatic nitrogens is 6. The lowest BCUT2D eigenvalue weighted by atomic mass is 10.2. The van der Waals surface area contributed by atoms with E-state index in [4.69, 9.17) is 20.3 Å². The molecule has 0 aliphatic rings. The van der Waals surface area contributed by atoms with Gasteiger partial charge in [-0.05, 0) is 30.7 Å². The van der Waals surface area contributed by atoms with Gasteiger partial charge in [0, 0.05) is 38.9 Å². The number of aliphatic hydroxyl groups excluding tert-OH is 1. The van der Waals surface area contributed by atoms with Crippen LogP contribution in [-0.2, 0) is 16.1 Å². The lowest BCUT2D eigenvalue weighted by Crippen LogP contribution is -2.26. The largest absolute Gasteiger partial charge is 0.491 e. The number of hydrogen-bond acceptors (Lipinski definition) is 11. The molecule has 4 aromatic rings. The Hall–Kier alpha value is -4.01. The highest BCUT2D eigenvalue weighted by molar-refractivity contribution is 5.89. The van der Waals surface area contributed by atoms with E-state index in [0.717, 1.165) is 24.5 Å². The van der Waals surface area contributed by atoms with Crippen molar-refractivity contribution in [2.45, 2.75) is 25.5 Å². The summed E-state index contributed by atoms with van der Waals surface area (Å²) in [7, 11) is 1.64. The van der Waals surface area contributed by atoms with E-state index in [-0.39, 0.29) is 24.6 Å². The molecule has 198 valence electrons. The molecule has 1 unspecified atom stereocenters. The number of carboxylic acid groups (broad SMARTS) is 1. The van der Waals surface area contributed by atoms with Crippen LogP contribution in [0, 0.1) is 0 Å². The van der Waals surface area contributed by atoms with Crippen molar-refractivity contribution in [1.29, 1.82) is 0 Å². The highest BCUT2D eigenvalue weighted by atomic mass is 16.5. The molecule has 37 heavy (non-hydrogen) atoms. The fraction of sp³-hybridized carbons (Fsp3) is 0.435. The van der Waals surface area contributed by atoms with Gasteiger partial charge >= 0.3 is 5.97 Å². The van der Waals surface area contributed by atoms with Gasteiger partial charge in [-0.1, -0.05) is 0 Å². The SMILES string of the molecule is COCCOc1ccc(NCCNCCn2ncc3c2nc(N)n2nc(C(O)CCC(=O)O)nc32)cc1. The Labute approximate surface area is 212 Å². The van der Waals surface area contributed by atoms with E-state index < -0.39 is 12.1 Å². The fourth-order valence-electron chi connectivity index (χ4n) is 3.68. The summed E-state index contributed by atoms with van der Waals surface area (Å²) < 4.78 is 13.6. The van der Waals surface area contributed by atoms with Crippen LogP contribution in [0.2, 0.25) is 0 Å². The van der Waals surface area contributed by atoms with Gasteiger partial charge in [0.05, 0.1) is 24.7 Å². The van der Waals surface area contributed by atoms with Gasteiger partial charge in [0.15, 0.2) is 17.1 Å². The molecule has 3 heterocycles. The number of ether oxygens (including phenoxy) is 2. The zero-order valence-corrected chi connectivity index (χ0v) is 20.5. The Morgan fingerprint density at radius 1 is 1.14 bits per heavy atom. The van der Waals surface area contributed by atoms with Gasteiger partial charge in [0.1, 0.15) is 18.5 Å². The van der Waals surface area contributed by atoms with Gasteiger partial charge in [-0.2, -0.15) is 14.6 Å². The predicted molar refractivity (Wildman–Crippen MR) is 135 cm³/mol. The van der Waals surface area contributed by atoms with Crippen molar-refractivity contribution in [3.05, 3.63) is 36.3 Å². The number of rotatable bonds is 15. The van der Waals surface area contributed by atoms with Crippen molar-refractivity contribution in [2.75, 3.05) is 51.0 Å². The van der Waals surface area contributed by atoms with Crippen LogP contribution in [0.15, 0.2) is 30.5 Å². The topological polar surface area (TPSA) is 187 Å². The number of benzene rings is 1. The molecule has 0 amide bonds. The minimum absolute atomic E-state index is 0.00289. The average molecular weight is 514 g/mol. The molecule has 0 aliphatic heterocycles. The van der Waals surface area contributed by atoms with Crippen molar-refractivity contribution in [2.24, 2.45) is 0 Å². The third-order valence-electron chi connectivity index (χ3n) is 5.58. The van der Waals surface area contributed by atoms with Gasteiger partial charge in [0.25, 0.3) is 0 Å². The summed E-state index contributed by atoms with van der Waals surface area (Å²) in [5, 5.41) is 35.0. The first kappa shape index (κ1) is 26.1. The van der Waals surface area contributed by atoms with E-state index in [1.54, 1.807) is 18.0 Å². The van der Waals surface area contributed by atoms with Gasteiger partial charge in [-0.3, -0.25) is 4.79 Å².